The highest BCUT2D eigenvalue weighted by molar-refractivity contribution is 5.37. The van der Waals surface area contributed by atoms with E-state index in [1.54, 1.807) is 13.8 Å². The van der Waals surface area contributed by atoms with Crippen LogP contribution in [-0.4, -0.2) is 32.9 Å². The highest BCUT2D eigenvalue weighted by atomic mass is 16.3. The highest BCUT2D eigenvalue weighted by Crippen LogP contribution is 2.02. The third-order valence-electron chi connectivity index (χ3n) is 1.44. The Morgan fingerprint density at radius 2 is 2.38 bits per heavy atom. The molecule has 1 atom stereocenters. The predicted octanol–water partition coefficient (Wildman–Crippen LogP) is -0.734. The van der Waals surface area contributed by atoms with Crippen molar-refractivity contribution in [1.82, 2.24) is 15.2 Å². The molecule has 0 aliphatic carbocycles. The van der Waals surface area contributed by atoms with E-state index in [1.807, 2.05) is 0 Å². The summed E-state index contributed by atoms with van der Waals surface area (Å²) in [5.41, 5.74) is 0.0962. The van der Waals surface area contributed by atoms with Crippen LogP contribution in [0.3, 0.4) is 0 Å². The lowest BCUT2D eigenvalue weighted by atomic mass is 10.4. The van der Waals surface area contributed by atoms with Crippen LogP contribution in [0.2, 0.25) is 0 Å². The minimum Gasteiger partial charge on any atom is -0.392 e. The van der Waals surface area contributed by atoms with Crippen molar-refractivity contribution in [3.8, 4) is 0 Å². The molecule has 1 aromatic rings. The molecule has 0 aliphatic rings. The number of anilines is 1. The summed E-state index contributed by atoms with van der Waals surface area (Å²) in [7, 11) is 0. The number of nitrogens with one attached hydrogen (secondary N) is 2. The number of aromatic nitrogens is 3. The zero-order valence-corrected chi connectivity index (χ0v) is 7.53. The van der Waals surface area contributed by atoms with Gasteiger partial charge in [0.05, 0.1) is 6.10 Å². The van der Waals surface area contributed by atoms with Gasteiger partial charge in [0.15, 0.2) is 5.82 Å². The number of hydrogen-bond donors (Lipinski definition) is 3. The first kappa shape index (κ1) is 9.66. The molecule has 13 heavy (non-hydrogen) atoms. The fraction of sp³-hybridized carbons (Fsp3) is 0.571. The Bertz CT molecular complexity index is 334. The zero-order chi connectivity index (χ0) is 9.84. The summed E-state index contributed by atoms with van der Waals surface area (Å²) < 4.78 is 0. The molecule has 0 saturated heterocycles. The molecule has 0 saturated carbocycles. The van der Waals surface area contributed by atoms with Gasteiger partial charge in [-0.2, -0.15) is 10.1 Å². The van der Waals surface area contributed by atoms with Crippen LogP contribution < -0.4 is 11.0 Å². The average molecular weight is 184 g/mol. The number of H-pyrrole nitrogens is 1. The van der Waals surface area contributed by atoms with Crippen LogP contribution in [0.1, 0.15) is 12.6 Å². The van der Waals surface area contributed by atoms with E-state index in [1.165, 1.54) is 0 Å². The van der Waals surface area contributed by atoms with Crippen molar-refractivity contribution < 1.29 is 5.11 Å². The maximum absolute atomic E-state index is 10.8. The second-order valence-electron chi connectivity index (χ2n) is 2.80. The van der Waals surface area contributed by atoms with Crippen molar-refractivity contribution in [1.29, 1.82) is 0 Å². The minimum absolute atomic E-state index is 0.346. The van der Waals surface area contributed by atoms with Crippen LogP contribution in [0, 0.1) is 6.92 Å². The first-order valence-corrected chi connectivity index (χ1v) is 3.95. The molecule has 0 spiro atoms. The number of hydrogen-bond acceptors (Lipinski definition) is 5. The van der Waals surface area contributed by atoms with Gasteiger partial charge < -0.3 is 10.4 Å². The molecule has 1 rings (SSSR count). The number of rotatable bonds is 3. The third kappa shape index (κ3) is 2.83. The first-order valence-electron chi connectivity index (χ1n) is 3.95. The molecule has 0 aliphatic heterocycles. The van der Waals surface area contributed by atoms with Gasteiger partial charge in [-0.1, -0.05) is 0 Å². The summed E-state index contributed by atoms with van der Waals surface area (Å²) in [6.45, 7) is 3.70. The Labute approximate surface area is 75.0 Å². The van der Waals surface area contributed by atoms with Crippen LogP contribution in [0.25, 0.3) is 0 Å². The van der Waals surface area contributed by atoms with E-state index in [2.05, 4.69) is 20.5 Å². The summed E-state index contributed by atoms with van der Waals surface area (Å²) in [5, 5.41) is 17.7. The van der Waals surface area contributed by atoms with Crippen LogP contribution in [-0.2, 0) is 0 Å². The van der Waals surface area contributed by atoms with Crippen LogP contribution >= 0.6 is 0 Å². The number of aliphatic hydroxyl groups excluding tert-OH is 1. The topological polar surface area (TPSA) is 90.9 Å². The molecule has 1 heterocycles. The van der Waals surface area contributed by atoms with Gasteiger partial charge in [-0.05, 0) is 13.8 Å². The quantitative estimate of drug-likeness (QED) is 0.576. The second-order valence-corrected chi connectivity index (χ2v) is 2.80. The number of nitrogens with zero attached hydrogens (tertiary/aromatic N) is 2. The lowest BCUT2D eigenvalue weighted by Crippen LogP contribution is -2.21. The van der Waals surface area contributed by atoms with Gasteiger partial charge in [0.2, 0.25) is 0 Å². The molecule has 0 bridgehead atoms. The zero-order valence-electron chi connectivity index (χ0n) is 7.53. The average Bonchev–Trinajstić information content (AvgIpc) is 2.06. The van der Waals surface area contributed by atoms with E-state index in [9.17, 15) is 4.79 Å². The lowest BCUT2D eigenvalue weighted by molar-refractivity contribution is 0.208. The molecule has 72 valence electrons. The summed E-state index contributed by atoms with van der Waals surface area (Å²) >= 11 is 0. The molecule has 0 radical (unpaired) electrons. The number of aromatic amines is 1. The first-order chi connectivity index (χ1) is 6.09. The van der Waals surface area contributed by atoms with Gasteiger partial charge in [-0.25, -0.2) is 9.89 Å². The van der Waals surface area contributed by atoms with Crippen molar-refractivity contribution >= 4 is 5.82 Å². The SMILES string of the molecule is Cc1n[nH]c(=O)nc1NC[C@@H](C)O. The van der Waals surface area contributed by atoms with Crippen molar-refractivity contribution in [3.63, 3.8) is 0 Å². The summed E-state index contributed by atoms with van der Waals surface area (Å²) in [5.74, 6) is 0.407. The molecule has 0 unspecified atom stereocenters. The smallest absolute Gasteiger partial charge is 0.363 e. The van der Waals surface area contributed by atoms with Gasteiger partial charge in [-0.3, -0.25) is 0 Å². The van der Waals surface area contributed by atoms with E-state index in [4.69, 9.17) is 5.11 Å². The molecular formula is C7H12N4O2. The molecular weight excluding hydrogens is 172 g/mol. The monoisotopic (exact) mass is 184 g/mol. The molecule has 1 aromatic heterocycles. The van der Waals surface area contributed by atoms with Crippen molar-refractivity contribution in [2.75, 3.05) is 11.9 Å². The Kier molecular flexibility index (Phi) is 2.97. The molecule has 3 N–H and O–H groups in total. The Hall–Kier alpha value is -1.43. The summed E-state index contributed by atoms with van der Waals surface area (Å²) in [4.78, 5) is 14.4. The van der Waals surface area contributed by atoms with E-state index in [0.29, 0.717) is 18.1 Å². The van der Waals surface area contributed by atoms with Gasteiger partial charge in [0.1, 0.15) is 5.69 Å². The maximum Gasteiger partial charge on any atom is 0.363 e. The summed E-state index contributed by atoms with van der Waals surface area (Å²) in [6.07, 6.45) is -0.486. The fourth-order valence-corrected chi connectivity index (χ4v) is 0.804. The lowest BCUT2D eigenvalue weighted by Gasteiger charge is -2.07. The van der Waals surface area contributed by atoms with E-state index >= 15 is 0 Å². The summed E-state index contributed by atoms with van der Waals surface area (Å²) in [6, 6.07) is 0. The Morgan fingerprint density at radius 1 is 1.69 bits per heavy atom. The van der Waals surface area contributed by atoms with E-state index in [0.717, 1.165) is 0 Å². The molecule has 0 fully saturated rings. The van der Waals surface area contributed by atoms with Crippen molar-refractivity contribution in [2.45, 2.75) is 20.0 Å². The fourth-order valence-electron chi connectivity index (χ4n) is 0.804. The van der Waals surface area contributed by atoms with Crippen molar-refractivity contribution in [2.24, 2.45) is 0 Å². The van der Waals surface area contributed by atoms with E-state index in [-0.39, 0.29) is 0 Å². The third-order valence-corrected chi connectivity index (χ3v) is 1.44. The molecule has 0 amide bonds. The van der Waals surface area contributed by atoms with Crippen molar-refractivity contribution in [3.05, 3.63) is 16.2 Å². The minimum atomic E-state index is -0.501. The normalized spacial score (nSPS) is 12.5. The predicted molar refractivity (Wildman–Crippen MR) is 47.6 cm³/mol. The maximum atomic E-state index is 10.8. The number of aryl methyl sites for hydroxylation is 1. The molecule has 6 heteroatoms. The van der Waals surface area contributed by atoms with Crippen LogP contribution in [0.15, 0.2) is 4.79 Å². The molecule has 6 nitrogen and oxygen atoms in total. The Balaban J connectivity index is 2.76. The van der Waals surface area contributed by atoms with E-state index < -0.39 is 11.8 Å². The highest BCUT2D eigenvalue weighted by Gasteiger charge is 2.02. The standard InChI is InChI=1S/C7H12N4O2/c1-4(12)3-8-6-5(2)10-11-7(13)9-6/h4,12H,3H2,1-2H3,(H2,8,9,11,13)/t4-/m1/s1. The van der Waals surface area contributed by atoms with Gasteiger partial charge in [0, 0.05) is 6.54 Å². The van der Waals surface area contributed by atoms with Gasteiger partial charge in [0.25, 0.3) is 0 Å². The molecule has 0 aromatic carbocycles. The van der Waals surface area contributed by atoms with Gasteiger partial charge in [-0.15, -0.1) is 0 Å². The van der Waals surface area contributed by atoms with Gasteiger partial charge >= 0.3 is 5.69 Å². The largest absolute Gasteiger partial charge is 0.392 e. The van der Waals surface area contributed by atoms with Crippen LogP contribution in [0.5, 0.6) is 0 Å². The second kappa shape index (κ2) is 3.99. The number of aliphatic hydroxyl groups is 1. The van der Waals surface area contributed by atoms with Crippen LogP contribution in [0.4, 0.5) is 5.82 Å². The Morgan fingerprint density at radius 3 is 3.00 bits per heavy atom.